The topological polar surface area (TPSA) is 42.4 Å². The number of halogens is 4. The second-order valence-corrected chi connectivity index (χ2v) is 6.65. The van der Waals surface area contributed by atoms with Crippen LogP contribution in [0.15, 0.2) is 22.8 Å². The number of hydrogen-bond acceptors (Lipinski definition) is 3. The van der Waals surface area contributed by atoms with Gasteiger partial charge >= 0.3 is 12.3 Å². The van der Waals surface area contributed by atoms with Crippen molar-refractivity contribution in [3.63, 3.8) is 0 Å². The standard InChI is InChI=1S/C14H18BrF3N2O2/c1-13(2,3)22-12(21)20(7-5-14(16,17)18)9-11-8-10(15)4-6-19-11/h4,6,8H,5,7,9H2,1-3H3. The van der Waals surface area contributed by atoms with Crippen LogP contribution in [-0.2, 0) is 11.3 Å². The molecule has 0 bridgehead atoms. The summed E-state index contributed by atoms with van der Waals surface area (Å²) in [5.41, 5.74) is -0.305. The smallest absolute Gasteiger partial charge is 0.410 e. The average molecular weight is 383 g/mol. The van der Waals surface area contributed by atoms with E-state index in [0.29, 0.717) is 5.69 Å². The molecule has 0 fully saturated rings. The Labute approximate surface area is 135 Å². The summed E-state index contributed by atoms with van der Waals surface area (Å²) in [6, 6.07) is 3.34. The number of alkyl halides is 3. The Morgan fingerprint density at radius 2 is 2.00 bits per heavy atom. The monoisotopic (exact) mass is 382 g/mol. The second kappa shape index (κ2) is 7.30. The summed E-state index contributed by atoms with van der Waals surface area (Å²) < 4.78 is 43.1. The van der Waals surface area contributed by atoms with Gasteiger partial charge in [0.25, 0.3) is 0 Å². The zero-order chi connectivity index (χ0) is 17.0. The van der Waals surface area contributed by atoms with E-state index in [1.807, 2.05) is 0 Å². The van der Waals surface area contributed by atoms with Crippen LogP contribution >= 0.6 is 15.9 Å². The van der Waals surface area contributed by atoms with E-state index in [9.17, 15) is 18.0 Å². The first kappa shape index (κ1) is 18.7. The van der Waals surface area contributed by atoms with Gasteiger partial charge in [0.15, 0.2) is 0 Å². The van der Waals surface area contributed by atoms with E-state index in [0.717, 1.165) is 9.37 Å². The van der Waals surface area contributed by atoms with E-state index in [1.165, 1.54) is 6.20 Å². The summed E-state index contributed by atoms with van der Waals surface area (Å²) >= 11 is 3.25. The van der Waals surface area contributed by atoms with Crippen LogP contribution in [0.1, 0.15) is 32.9 Å². The Balaban J connectivity index is 2.83. The van der Waals surface area contributed by atoms with Crippen LogP contribution in [0.25, 0.3) is 0 Å². The Bertz CT molecular complexity index is 516. The van der Waals surface area contributed by atoms with Crippen LogP contribution < -0.4 is 0 Å². The second-order valence-electron chi connectivity index (χ2n) is 5.73. The Morgan fingerprint density at radius 3 is 2.50 bits per heavy atom. The predicted molar refractivity (Wildman–Crippen MR) is 79.3 cm³/mol. The van der Waals surface area contributed by atoms with Crippen LogP contribution in [0.3, 0.4) is 0 Å². The van der Waals surface area contributed by atoms with E-state index >= 15 is 0 Å². The predicted octanol–water partition coefficient (Wildman–Crippen LogP) is 4.53. The molecular formula is C14H18BrF3N2O2. The molecule has 0 atom stereocenters. The van der Waals surface area contributed by atoms with Crippen molar-refractivity contribution in [1.29, 1.82) is 0 Å². The molecule has 0 spiro atoms. The van der Waals surface area contributed by atoms with Crippen molar-refractivity contribution in [2.75, 3.05) is 6.54 Å². The Hall–Kier alpha value is -1.31. The quantitative estimate of drug-likeness (QED) is 0.767. The number of carbonyl (C=O) groups is 1. The molecule has 0 radical (unpaired) electrons. The lowest BCUT2D eigenvalue weighted by molar-refractivity contribution is -0.137. The molecule has 0 aromatic carbocycles. The first-order valence-electron chi connectivity index (χ1n) is 6.61. The molecule has 0 aliphatic heterocycles. The maximum Gasteiger partial charge on any atom is 0.410 e. The maximum atomic E-state index is 12.4. The third-order valence-corrected chi connectivity index (χ3v) is 2.94. The zero-order valence-electron chi connectivity index (χ0n) is 12.6. The van der Waals surface area contributed by atoms with E-state index in [4.69, 9.17) is 4.74 Å². The summed E-state index contributed by atoms with van der Waals surface area (Å²) in [5, 5.41) is 0. The lowest BCUT2D eigenvalue weighted by Crippen LogP contribution is -2.38. The van der Waals surface area contributed by atoms with Crippen LogP contribution in [0.2, 0.25) is 0 Å². The molecule has 0 unspecified atom stereocenters. The molecule has 4 nitrogen and oxygen atoms in total. The first-order chi connectivity index (χ1) is 9.96. The number of rotatable bonds is 4. The van der Waals surface area contributed by atoms with E-state index < -0.39 is 30.8 Å². The van der Waals surface area contributed by atoms with Crippen molar-refractivity contribution in [3.05, 3.63) is 28.5 Å². The molecule has 8 heteroatoms. The van der Waals surface area contributed by atoms with E-state index in [1.54, 1.807) is 32.9 Å². The van der Waals surface area contributed by atoms with Gasteiger partial charge in [0.05, 0.1) is 18.7 Å². The van der Waals surface area contributed by atoms with E-state index in [2.05, 4.69) is 20.9 Å². The molecule has 124 valence electrons. The van der Waals surface area contributed by atoms with Crippen molar-refractivity contribution in [2.24, 2.45) is 0 Å². The van der Waals surface area contributed by atoms with Gasteiger partial charge in [-0.1, -0.05) is 15.9 Å². The largest absolute Gasteiger partial charge is 0.444 e. The maximum absolute atomic E-state index is 12.4. The normalized spacial score (nSPS) is 12.1. The minimum atomic E-state index is -4.34. The van der Waals surface area contributed by atoms with Crippen LogP contribution in [-0.4, -0.2) is 34.3 Å². The fourth-order valence-corrected chi connectivity index (χ4v) is 1.94. The van der Waals surface area contributed by atoms with Crippen molar-refractivity contribution in [1.82, 2.24) is 9.88 Å². The van der Waals surface area contributed by atoms with Gasteiger partial charge in [-0.3, -0.25) is 4.98 Å². The van der Waals surface area contributed by atoms with Crippen molar-refractivity contribution in [3.8, 4) is 0 Å². The number of hydrogen-bond donors (Lipinski definition) is 0. The molecule has 22 heavy (non-hydrogen) atoms. The number of carbonyl (C=O) groups excluding carboxylic acids is 1. The third-order valence-electron chi connectivity index (χ3n) is 2.45. The molecule has 0 aliphatic carbocycles. The minimum absolute atomic E-state index is 0.0512. The highest BCUT2D eigenvalue weighted by Gasteiger charge is 2.30. The molecule has 0 saturated heterocycles. The van der Waals surface area contributed by atoms with Gasteiger partial charge in [-0.05, 0) is 32.9 Å². The lowest BCUT2D eigenvalue weighted by Gasteiger charge is -2.27. The minimum Gasteiger partial charge on any atom is -0.444 e. The van der Waals surface area contributed by atoms with Gasteiger partial charge in [0, 0.05) is 17.2 Å². The lowest BCUT2D eigenvalue weighted by atomic mass is 10.2. The molecule has 1 aromatic rings. The number of nitrogens with zero attached hydrogens (tertiary/aromatic N) is 2. The number of pyridine rings is 1. The Morgan fingerprint density at radius 1 is 1.36 bits per heavy atom. The average Bonchev–Trinajstić information content (AvgIpc) is 2.31. The van der Waals surface area contributed by atoms with Gasteiger partial charge in [-0.2, -0.15) is 13.2 Å². The fraction of sp³-hybridized carbons (Fsp3) is 0.571. The van der Waals surface area contributed by atoms with Crippen molar-refractivity contribution in [2.45, 2.75) is 45.5 Å². The molecule has 0 aliphatic rings. The summed E-state index contributed by atoms with van der Waals surface area (Å²) in [5.74, 6) is 0. The Kier molecular flexibility index (Phi) is 6.22. The summed E-state index contributed by atoms with van der Waals surface area (Å²) in [7, 11) is 0. The first-order valence-corrected chi connectivity index (χ1v) is 7.41. The highest BCUT2D eigenvalue weighted by atomic mass is 79.9. The summed E-state index contributed by atoms with van der Waals surface area (Å²) in [6.07, 6.45) is -4.72. The number of ether oxygens (including phenoxy) is 1. The highest BCUT2D eigenvalue weighted by molar-refractivity contribution is 9.10. The number of aromatic nitrogens is 1. The summed E-state index contributed by atoms with van der Waals surface area (Å²) in [4.78, 5) is 17.1. The van der Waals surface area contributed by atoms with Crippen molar-refractivity contribution < 1.29 is 22.7 Å². The molecular weight excluding hydrogens is 365 g/mol. The molecule has 0 saturated carbocycles. The van der Waals surface area contributed by atoms with Crippen LogP contribution in [0.4, 0.5) is 18.0 Å². The summed E-state index contributed by atoms with van der Waals surface area (Å²) in [6.45, 7) is 4.44. The van der Waals surface area contributed by atoms with Gasteiger partial charge in [-0.25, -0.2) is 4.79 Å². The SMILES string of the molecule is CC(C)(C)OC(=O)N(CCC(F)(F)F)Cc1cc(Br)ccn1. The van der Waals surface area contributed by atoms with Crippen LogP contribution in [0.5, 0.6) is 0 Å². The van der Waals surface area contributed by atoms with Crippen molar-refractivity contribution >= 4 is 22.0 Å². The van der Waals surface area contributed by atoms with Gasteiger partial charge in [0.2, 0.25) is 0 Å². The molecule has 0 N–H and O–H groups in total. The molecule has 1 rings (SSSR count). The third kappa shape index (κ3) is 7.63. The zero-order valence-corrected chi connectivity index (χ0v) is 14.2. The fourth-order valence-electron chi connectivity index (χ4n) is 1.55. The molecule has 1 amide bonds. The van der Waals surface area contributed by atoms with Gasteiger partial charge in [0.1, 0.15) is 5.60 Å². The van der Waals surface area contributed by atoms with Gasteiger partial charge < -0.3 is 9.64 Å². The molecule has 1 aromatic heterocycles. The van der Waals surface area contributed by atoms with E-state index in [-0.39, 0.29) is 6.54 Å². The highest BCUT2D eigenvalue weighted by Crippen LogP contribution is 2.22. The van der Waals surface area contributed by atoms with Crippen LogP contribution in [0, 0.1) is 0 Å². The number of amides is 1. The van der Waals surface area contributed by atoms with Gasteiger partial charge in [-0.15, -0.1) is 0 Å². The molecule has 1 heterocycles.